The van der Waals surface area contributed by atoms with E-state index in [-0.39, 0.29) is 11.7 Å². The Morgan fingerprint density at radius 3 is 2.89 bits per heavy atom. The molecule has 1 aliphatic carbocycles. The molecule has 0 spiro atoms. The number of fused-ring (bicyclic) bond motifs is 1. The molecule has 3 aromatic rings. The van der Waals surface area contributed by atoms with Crippen LogP contribution in [0.4, 0.5) is 5.69 Å². The minimum Gasteiger partial charge on any atom is -0.492 e. The van der Waals surface area contributed by atoms with Gasteiger partial charge in [-0.15, -0.1) is 0 Å². The van der Waals surface area contributed by atoms with E-state index in [9.17, 15) is 9.59 Å². The van der Waals surface area contributed by atoms with Crippen molar-refractivity contribution in [2.45, 2.75) is 19.8 Å². The van der Waals surface area contributed by atoms with Crippen molar-refractivity contribution in [1.82, 2.24) is 14.9 Å². The van der Waals surface area contributed by atoms with Gasteiger partial charge in [-0.05, 0) is 81.7 Å². The van der Waals surface area contributed by atoms with Crippen LogP contribution in [0.25, 0.3) is 17.1 Å². The van der Waals surface area contributed by atoms with E-state index in [1.807, 2.05) is 50.2 Å². The van der Waals surface area contributed by atoms with Gasteiger partial charge in [-0.2, -0.15) is 0 Å². The molecule has 1 aliphatic heterocycles. The van der Waals surface area contributed by atoms with Crippen molar-refractivity contribution in [2.24, 2.45) is 16.8 Å². The lowest BCUT2D eigenvalue weighted by molar-refractivity contribution is -0.148. The lowest BCUT2D eigenvalue weighted by Gasteiger charge is -2.12. The Labute approximate surface area is 215 Å². The maximum Gasteiger partial charge on any atom is 0.326 e. The van der Waals surface area contributed by atoms with Crippen LogP contribution in [-0.4, -0.2) is 66.4 Å². The first-order valence-corrected chi connectivity index (χ1v) is 12.4. The number of H-pyrrole nitrogens is 1. The van der Waals surface area contributed by atoms with Crippen molar-refractivity contribution in [3.63, 3.8) is 0 Å². The second-order valence-corrected chi connectivity index (χ2v) is 9.67. The summed E-state index contributed by atoms with van der Waals surface area (Å²) in [5.74, 6) is -1.21. The average molecular weight is 503 g/mol. The number of aromatic nitrogens is 2. The summed E-state index contributed by atoms with van der Waals surface area (Å²) in [5, 5.41) is 0.838. The molecule has 9 nitrogen and oxygen atoms in total. The number of ketones is 1. The summed E-state index contributed by atoms with van der Waals surface area (Å²) in [7, 11) is 3.97. The zero-order valence-electron chi connectivity index (χ0n) is 21.2. The number of hydrogen-bond donors (Lipinski definition) is 1. The summed E-state index contributed by atoms with van der Waals surface area (Å²) in [6, 6.07) is 9.20. The molecule has 1 N–H and O–H groups in total. The van der Waals surface area contributed by atoms with E-state index < -0.39 is 17.7 Å². The molecule has 1 saturated carbocycles. The molecule has 0 bridgehead atoms. The molecule has 2 fully saturated rings. The van der Waals surface area contributed by atoms with E-state index in [0.29, 0.717) is 30.5 Å². The largest absolute Gasteiger partial charge is 0.492 e. The number of ether oxygens (including phenoxy) is 3. The number of aliphatic imine (C=N–C) groups is 1. The quantitative estimate of drug-likeness (QED) is 0.267. The van der Waals surface area contributed by atoms with Crippen molar-refractivity contribution in [2.75, 3.05) is 33.9 Å². The van der Waals surface area contributed by atoms with Gasteiger partial charge in [0.15, 0.2) is 11.7 Å². The van der Waals surface area contributed by atoms with E-state index >= 15 is 0 Å². The number of rotatable bonds is 9. The van der Waals surface area contributed by atoms with Crippen LogP contribution in [-0.2, 0) is 19.1 Å². The number of likely N-dealkylation sites (N-methyl/N-ethyl adjacent to an activating group) is 1. The summed E-state index contributed by atoms with van der Waals surface area (Å²) in [6.45, 7) is 3.56. The van der Waals surface area contributed by atoms with E-state index in [0.717, 1.165) is 41.6 Å². The number of carbonyl (C=O) groups excluding carboxylic acids is 2. The maximum atomic E-state index is 13.4. The highest BCUT2D eigenvalue weighted by Gasteiger charge is 2.45. The van der Waals surface area contributed by atoms with Gasteiger partial charge in [-0.1, -0.05) is 0 Å². The van der Waals surface area contributed by atoms with Gasteiger partial charge in [-0.25, -0.2) is 9.98 Å². The zero-order chi connectivity index (χ0) is 25.9. The van der Waals surface area contributed by atoms with Crippen LogP contribution in [0.3, 0.4) is 0 Å². The molecule has 2 aliphatic rings. The van der Waals surface area contributed by atoms with E-state index in [4.69, 9.17) is 14.2 Å². The van der Waals surface area contributed by atoms with Gasteiger partial charge in [-0.3, -0.25) is 9.59 Å². The van der Waals surface area contributed by atoms with Gasteiger partial charge in [0.2, 0.25) is 11.7 Å². The normalized spacial score (nSPS) is 19.7. The minimum atomic E-state index is -1.25. The predicted molar refractivity (Wildman–Crippen MR) is 140 cm³/mol. The van der Waals surface area contributed by atoms with Gasteiger partial charge < -0.3 is 24.1 Å². The summed E-state index contributed by atoms with van der Waals surface area (Å²) in [5.41, 5.74) is 2.84. The van der Waals surface area contributed by atoms with Crippen molar-refractivity contribution in [1.29, 1.82) is 0 Å². The molecule has 0 amide bonds. The van der Waals surface area contributed by atoms with Crippen LogP contribution in [0.15, 0.2) is 53.5 Å². The number of aryl methyl sites for hydroxylation is 1. The molecule has 9 heteroatoms. The number of Topliss-reactive ketones (excluding diaryl/α,β-unsaturated/α-hetero) is 1. The van der Waals surface area contributed by atoms with Crippen molar-refractivity contribution in [3.05, 3.63) is 59.6 Å². The second kappa shape index (κ2) is 10.6. The Morgan fingerprint density at radius 2 is 2.14 bits per heavy atom. The fraction of sp³-hybridized carbons (Fsp3) is 0.357. The van der Waals surface area contributed by atoms with Crippen LogP contribution < -0.4 is 4.74 Å². The molecule has 3 heterocycles. The van der Waals surface area contributed by atoms with Crippen LogP contribution in [0.2, 0.25) is 0 Å². The monoisotopic (exact) mass is 502 g/mol. The molecule has 1 atom stereocenters. The molecule has 1 unspecified atom stereocenters. The van der Waals surface area contributed by atoms with Gasteiger partial charge in [0.05, 0.1) is 12.3 Å². The summed E-state index contributed by atoms with van der Waals surface area (Å²) < 4.78 is 17.2. The number of hydrogen-bond acceptors (Lipinski definition) is 8. The highest BCUT2D eigenvalue weighted by atomic mass is 16.5. The fourth-order valence-electron chi connectivity index (χ4n) is 3.99. The zero-order valence-corrected chi connectivity index (χ0v) is 21.2. The van der Waals surface area contributed by atoms with Crippen molar-refractivity contribution in [3.8, 4) is 5.75 Å². The number of pyridine rings is 1. The molecule has 5 rings (SSSR count). The Morgan fingerprint density at radius 1 is 1.30 bits per heavy atom. The SMILES string of the molecule is Cc1cc(OCCN(C)C)ccc1N=C1O/C(=C\c2c[nH]c3ncccc23)C(=O)C1C(=O)OCC1CC1. The standard InChI is InChI=1S/C28H30N4O5/c1-17-13-20(35-12-11-32(2)3)8-9-22(17)31-27-24(28(34)36-16-18-6-7-18)25(33)23(37-27)14-19-15-30-26-21(19)5-4-10-29-26/h4-5,8-10,13-15,18,24H,6-7,11-12,16H2,1-3H3,(H,29,30)/b23-14-,31-27?. The molecule has 1 aromatic carbocycles. The first kappa shape index (κ1) is 24.7. The van der Waals surface area contributed by atoms with Gasteiger partial charge >= 0.3 is 5.97 Å². The van der Waals surface area contributed by atoms with Crippen LogP contribution in [0.1, 0.15) is 24.0 Å². The number of nitrogens with zero attached hydrogens (tertiary/aromatic N) is 3. The molecule has 1 saturated heterocycles. The minimum absolute atomic E-state index is 0.0133. The summed E-state index contributed by atoms with van der Waals surface area (Å²) in [4.78, 5) is 40.3. The van der Waals surface area contributed by atoms with Gasteiger partial charge in [0, 0.05) is 29.9 Å². The highest BCUT2D eigenvalue weighted by Crippen LogP contribution is 2.33. The number of aromatic amines is 1. The Balaban J connectivity index is 1.43. The van der Waals surface area contributed by atoms with E-state index in [2.05, 4.69) is 15.0 Å². The second-order valence-electron chi connectivity index (χ2n) is 9.67. The third-order valence-corrected chi connectivity index (χ3v) is 6.34. The third kappa shape index (κ3) is 5.72. The number of nitrogens with one attached hydrogen (secondary N) is 1. The van der Waals surface area contributed by atoms with Gasteiger partial charge in [0.25, 0.3) is 0 Å². The first-order valence-electron chi connectivity index (χ1n) is 12.4. The average Bonchev–Trinajstić information content (AvgIpc) is 3.54. The Hall–Kier alpha value is -3.98. The number of carbonyl (C=O) groups is 2. The number of esters is 1. The van der Waals surface area contributed by atoms with Crippen LogP contribution in [0, 0.1) is 18.8 Å². The maximum absolute atomic E-state index is 13.4. The third-order valence-electron chi connectivity index (χ3n) is 6.34. The molecule has 0 radical (unpaired) electrons. The van der Waals surface area contributed by atoms with Crippen molar-refractivity contribution >= 4 is 40.4 Å². The Bertz CT molecular complexity index is 1390. The van der Waals surface area contributed by atoms with Gasteiger partial charge in [0.1, 0.15) is 18.0 Å². The number of allylic oxidation sites excluding steroid dienone is 1. The van der Waals surface area contributed by atoms with Crippen molar-refractivity contribution < 1.29 is 23.8 Å². The smallest absolute Gasteiger partial charge is 0.326 e. The lowest BCUT2D eigenvalue weighted by Crippen LogP contribution is -2.28. The molecular weight excluding hydrogens is 472 g/mol. The number of benzene rings is 1. The topological polar surface area (TPSA) is 106 Å². The molecule has 37 heavy (non-hydrogen) atoms. The lowest BCUT2D eigenvalue weighted by atomic mass is 10.0. The summed E-state index contributed by atoms with van der Waals surface area (Å²) >= 11 is 0. The molecule has 2 aromatic heterocycles. The van der Waals surface area contributed by atoms with E-state index in [1.165, 1.54) is 0 Å². The molecular formula is C28H30N4O5. The highest BCUT2D eigenvalue weighted by molar-refractivity contribution is 6.27. The molecule has 192 valence electrons. The predicted octanol–water partition coefficient (Wildman–Crippen LogP) is 4.05. The fourth-order valence-corrected chi connectivity index (χ4v) is 3.99. The van der Waals surface area contributed by atoms with E-state index in [1.54, 1.807) is 24.5 Å². The van der Waals surface area contributed by atoms with Crippen LogP contribution in [0.5, 0.6) is 5.75 Å². The summed E-state index contributed by atoms with van der Waals surface area (Å²) in [6.07, 6.45) is 7.11. The first-order chi connectivity index (χ1) is 17.9. The Kier molecular flexibility index (Phi) is 7.05. The van der Waals surface area contributed by atoms with Crippen LogP contribution >= 0.6 is 0 Å².